The van der Waals surface area contributed by atoms with E-state index in [0.717, 1.165) is 11.3 Å². The molecular formula is C20H13NO4S. The molecule has 2 aromatic carbocycles. The number of nitrogens with one attached hydrogen (secondary N) is 1. The van der Waals surface area contributed by atoms with Crippen LogP contribution >= 0.6 is 11.3 Å². The Bertz CT molecular complexity index is 997. The quantitative estimate of drug-likeness (QED) is 0.601. The molecule has 5 nitrogen and oxygen atoms in total. The number of methoxy groups -OCH3 is 1. The number of hydrogen-bond donors (Lipinski definition) is 1. The lowest BCUT2D eigenvalue weighted by Gasteiger charge is -2.12. The van der Waals surface area contributed by atoms with E-state index in [1.807, 2.05) is 0 Å². The lowest BCUT2D eigenvalue weighted by Crippen LogP contribution is -2.18. The minimum atomic E-state index is -0.316. The van der Waals surface area contributed by atoms with Crippen LogP contribution in [0, 0.1) is 0 Å². The highest BCUT2D eigenvalue weighted by molar-refractivity contribution is 7.18. The molecule has 0 fully saturated rings. The van der Waals surface area contributed by atoms with E-state index in [-0.39, 0.29) is 17.5 Å². The van der Waals surface area contributed by atoms with Crippen molar-refractivity contribution in [3.8, 4) is 5.75 Å². The molecule has 0 aliphatic heterocycles. The van der Waals surface area contributed by atoms with E-state index in [0.29, 0.717) is 37.9 Å². The molecule has 26 heavy (non-hydrogen) atoms. The molecule has 1 aliphatic rings. The zero-order chi connectivity index (χ0) is 18.3. The van der Waals surface area contributed by atoms with Crippen LogP contribution in [0.3, 0.4) is 0 Å². The molecule has 0 bridgehead atoms. The normalized spacial score (nSPS) is 12.3. The van der Waals surface area contributed by atoms with Crippen LogP contribution in [0.4, 0.5) is 5.00 Å². The van der Waals surface area contributed by atoms with E-state index in [9.17, 15) is 14.4 Å². The third kappa shape index (κ3) is 2.60. The zero-order valence-electron chi connectivity index (χ0n) is 13.7. The maximum Gasteiger partial charge on any atom is 0.256 e. The van der Waals surface area contributed by atoms with Crippen LogP contribution in [0.1, 0.15) is 41.5 Å². The summed E-state index contributed by atoms with van der Waals surface area (Å²) in [5.41, 5.74) is 1.59. The van der Waals surface area contributed by atoms with Crippen molar-refractivity contribution in [2.24, 2.45) is 0 Å². The van der Waals surface area contributed by atoms with Gasteiger partial charge in [-0.1, -0.05) is 24.3 Å². The number of carbonyl (C=O) groups excluding carboxylic acids is 3. The lowest BCUT2D eigenvalue weighted by atomic mass is 9.89. The standard InChI is InChI=1S/C20H13NO4S/c1-25-12-8-6-11(7-9-12)20(24)21-16-10-15-17(22)13-4-2-3-5-14(13)18(23)19(15)26-16/h2-10H,1H3,(H,21,24). The summed E-state index contributed by atoms with van der Waals surface area (Å²) in [6, 6.07) is 15.0. The van der Waals surface area contributed by atoms with Gasteiger partial charge >= 0.3 is 0 Å². The topological polar surface area (TPSA) is 72.5 Å². The second-order valence-electron chi connectivity index (χ2n) is 5.74. The molecule has 4 rings (SSSR count). The Morgan fingerprint density at radius 1 is 0.923 bits per heavy atom. The number of thiophene rings is 1. The van der Waals surface area contributed by atoms with E-state index in [4.69, 9.17) is 4.74 Å². The first kappa shape index (κ1) is 16.2. The van der Waals surface area contributed by atoms with Gasteiger partial charge in [0, 0.05) is 22.3 Å². The molecule has 1 aliphatic carbocycles. The predicted octanol–water partition coefficient (Wildman–Crippen LogP) is 3.78. The molecule has 3 aromatic rings. The molecular weight excluding hydrogens is 350 g/mol. The maximum absolute atomic E-state index is 12.6. The Morgan fingerprint density at radius 3 is 2.23 bits per heavy atom. The van der Waals surface area contributed by atoms with Crippen LogP contribution in [-0.4, -0.2) is 24.6 Å². The highest BCUT2D eigenvalue weighted by Gasteiger charge is 2.31. The minimum absolute atomic E-state index is 0.190. The van der Waals surface area contributed by atoms with Crippen molar-refractivity contribution in [2.75, 3.05) is 12.4 Å². The summed E-state index contributed by atoms with van der Waals surface area (Å²) in [5, 5.41) is 3.22. The van der Waals surface area contributed by atoms with Crippen LogP contribution in [0.5, 0.6) is 5.75 Å². The molecule has 0 atom stereocenters. The van der Waals surface area contributed by atoms with E-state index in [2.05, 4.69) is 5.32 Å². The molecule has 0 saturated heterocycles. The number of ether oxygens (including phenoxy) is 1. The highest BCUT2D eigenvalue weighted by atomic mass is 32.1. The van der Waals surface area contributed by atoms with Gasteiger partial charge in [0.05, 0.1) is 17.0 Å². The Hall–Kier alpha value is -3.25. The van der Waals surface area contributed by atoms with E-state index in [1.165, 1.54) is 0 Å². The van der Waals surface area contributed by atoms with Gasteiger partial charge in [-0.25, -0.2) is 0 Å². The van der Waals surface area contributed by atoms with Gasteiger partial charge in [0.1, 0.15) is 5.75 Å². The van der Waals surface area contributed by atoms with Gasteiger partial charge in [0.25, 0.3) is 5.91 Å². The number of hydrogen-bond acceptors (Lipinski definition) is 5. The summed E-state index contributed by atoms with van der Waals surface area (Å²) in [6.07, 6.45) is 0. The highest BCUT2D eigenvalue weighted by Crippen LogP contribution is 2.35. The van der Waals surface area contributed by atoms with E-state index >= 15 is 0 Å². The Balaban J connectivity index is 1.63. The number of carbonyl (C=O) groups is 3. The molecule has 128 valence electrons. The first-order valence-electron chi connectivity index (χ1n) is 7.86. The summed E-state index contributed by atoms with van der Waals surface area (Å²) in [4.78, 5) is 38.0. The van der Waals surface area contributed by atoms with Crippen molar-refractivity contribution in [2.45, 2.75) is 0 Å². The van der Waals surface area contributed by atoms with Gasteiger partial charge in [-0.05, 0) is 30.3 Å². The molecule has 0 spiro atoms. The van der Waals surface area contributed by atoms with Crippen LogP contribution in [0.25, 0.3) is 0 Å². The molecule has 6 heteroatoms. The number of benzene rings is 2. The first-order valence-corrected chi connectivity index (χ1v) is 8.68. The third-order valence-electron chi connectivity index (χ3n) is 4.19. The summed E-state index contributed by atoms with van der Waals surface area (Å²) < 4.78 is 5.07. The Kier molecular flexibility index (Phi) is 3.89. The molecule has 0 saturated carbocycles. The minimum Gasteiger partial charge on any atom is -0.497 e. The van der Waals surface area contributed by atoms with Crippen LogP contribution in [-0.2, 0) is 0 Å². The maximum atomic E-state index is 12.6. The Labute approximate surface area is 153 Å². The van der Waals surface area contributed by atoms with Gasteiger partial charge in [-0.15, -0.1) is 11.3 Å². The molecule has 1 heterocycles. The zero-order valence-corrected chi connectivity index (χ0v) is 14.6. The van der Waals surface area contributed by atoms with Crippen molar-refractivity contribution in [3.63, 3.8) is 0 Å². The number of ketones is 2. The SMILES string of the molecule is COc1ccc(C(=O)Nc2cc3c(s2)C(=O)c2ccccc2C3=O)cc1. The van der Waals surface area contributed by atoms with Crippen LogP contribution in [0.2, 0.25) is 0 Å². The molecule has 1 amide bonds. The summed E-state index contributed by atoms with van der Waals surface area (Å²) >= 11 is 1.11. The van der Waals surface area contributed by atoms with Crippen LogP contribution in [0.15, 0.2) is 54.6 Å². The second kappa shape index (κ2) is 6.24. The number of rotatable bonds is 3. The second-order valence-corrected chi connectivity index (χ2v) is 6.79. The Morgan fingerprint density at radius 2 is 1.58 bits per heavy atom. The van der Waals surface area contributed by atoms with E-state index < -0.39 is 0 Å². The van der Waals surface area contributed by atoms with Gasteiger partial charge in [-0.2, -0.15) is 0 Å². The van der Waals surface area contributed by atoms with Crippen LogP contribution < -0.4 is 10.1 Å². The average molecular weight is 363 g/mol. The average Bonchev–Trinajstić information content (AvgIpc) is 3.10. The fourth-order valence-electron chi connectivity index (χ4n) is 2.86. The molecule has 0 radical (unpaired) electrons. The van der Waals surface area contributed by atoms with Gasteiger partial charge in [0.15, 0.2) is 5.78 Å². The van der Waals surface area contributed by atoms with Crippen molar-refractivity contribution >= 4 is 33.8 Å². The predicted molar refractivity (Wildman–Crippen MR) is 98.6 cm³/mol. The smallest absolute Gasteiger partial charge is 0.256 e. The molecule has 0 unspecified atom stereocenters. The summed E-state index contributed by atoms with van der Waals surface area (Å²) in [7, 11) is 1.55. The molecule has 1 aromatic heterocycles. The lowest BCUT2D eigenvalue weighted by molar-refractivity contribution is 0.0982. The third-order valence-corrected chi connectivity index (χ3v) is 5.24. The fourth-order valence-corrected chi connectivity index (χ4v) is 3.87. The monoisotopic (exact) mass is 363 g/mol. The fraction of sp³-hybridized carbons (Fsp3) is 0.0500. The number of fused-ring (bicyclic) bond motifs is 2. The largest absolute Gasteiger partial charge is 0.497 e. The number of amides is 1. The van der Waals surface area contributed by atoms with Crippen molar-refractivity contribution in [1.82, 2.24) is 0 Å². The first-order chi connectivity index (χ1) is 12.6. The summed E-state index contributed by atoms with van der Waals surface area (Å²) in [6.45, 7) is 0. The summed E-state index contributed by atoms with van der Waals surface area (Å²) in [5.74, 6) is -0.0488. The van der Waals surface area contributed by atoms with Crippen molar-refractivity contribution in [3.05, 3.63) is 81.7 Å². The van der Waals surface area contributed by atoms with Gasteiger partial charge < -0.3 is 10.1 Å². The molecule has 1 N–H and O–H groups in total. The van der Waals surface area contributed by atoms with Crippen molar-refractivity contribution < 1.29 is 19.1 Å². The van der Waals surface area contributed by atoms with Gasteiger partial charge in [-0.3, -0.25) is 14.4 Å². The number of anilines is 1. The van der Waals surface area contributed by atoms with Gasteiger partial charge in [0.2, 0.25) is 5.78 Å². The van der Waals surface area contributed by atoms with E-state index in [1.54, 1.807) is 61.7 Å². The van der Waals surface area contributed by atoms with Crippen molar-refractivity contribution in [1.29, 1.82) is 0 Å².